The van der Waals surface area contributed by atoms with Gasteiger partial charge in [0.05, 0.1) is 12.3 Å². The highest BCUT2D eigenvalue weighted by atomic mass is 16.5. The van der Waals surface area contributed by atoms with Gasteiger partial charge in [-0.1, -0.05) is 0 Å². The van der Waals surface area contributed by atoms with Gasteiger partial charge in [0, 0.05) is 24.3 Å². The zero-order valence-electron chi connectivity index (χ0n) is 11.2. The van der Waals surface area contributed by atoms with E-state index in [-0.39, 0.29) is 0 Å². The molecular formula is C13H23N3O. The van der Waals surface area contributed by atoms with Gasteiger partial charge in [0.1, 0.15) is 5.75 Å². The van der Waals surface area contributed by atoms with Gasteiger partial charge in [0.25, 0.3) is 0 Å². The average molecular weight is 237 g/mol. The quantitative estimate of drug-likeness (QED) is 0.743. The molecule has 0 amide bonds. The zero-order valence-corrected chi connectivity index (χ0v) is 11.2. The molecule has 1 unspecified atom stereocenters. The molecule has 17 heavy (non-hydrogen) atoms. The van der Waals surface area contributed by atoms with Crippen molar-refractivity contribution in [1.82, 2.24) is 4.90 Å². The van der Waals surface area contributed by atoms with Gasteiger partial charge >= 0.3 is 0 Å². The van der Waals surface area contributed by atoms with Gasteiger partial charge in [-0.15, -0.1) is 0 Å². The molecule has 96 valence electrons. The second kappa shape index (κ2) is 6.35. The topological polar surface area (TPSA) is 50.5 Å². The van der Waals surface area contributed by atoms with E-state index in [0.717, 1.165) is 18.0 Å². The lowest BCUT2D eigenvalue weighted by atomic mass is 10.2. The molecule has 0 saturated carbocycles. The van der Waals surface area contributed by atoms with Crippen LogP contribution in [0.4, 0.5) is 11.4 Å². The lowest BCUT2D eigenvalue weighted by molar-refractivity contribution is 0.342. The Labute approximate surface area is 104 Å². The highest BCUT2D eigenvalue weighted by Crippen LogP contribution is 2.25. The molecule has 0 saturated heterocycles. The molecule has 0 fully saturated rings. The van der Waals surface area contributed by atoms with Gasteiger partial charge in [-0.3, -0.25) is 0 Å². The monoisotopic (exact) mass is 237 g/mol. The molecule has 0 aliphatic heterocycles. The predicted octanol–water partition coefficient (Wildman–Crippen LogP) is 2.03. The molecular weight excluding hydrogens is 214 g/mol. The van der Waals surface area contributed by atoms with E-state index < -0.39 is 0 Å². The summed E-state index contributed by atoms with van der Waals surface area (Å²) < 4.78 is 5.46. The summed E-state index contributed by atoms with van der Waals surface area (Å²) in [5, 5.41) is 3.42. The molecule has 1 aromatic rings. The number of anilines is 2. The summed E-state index contributed by atoms with van der Waals surface area (Å²) in [6.45, 7) is 5.71. The molecule has 0 radical (unpaired) electrons. The van der Waals surface area contributed by atoms with Crippen molar-refractivity contribution in [2.75, 3.05) is 38.3 Å². The molecule has 0 aromatic heterocycles. The minimum Gasteiger partial charge on any atom is -0.492 e. The van der Waals surface area contributed by atoms with Crippen molar-refractivity contribution in [1.29, 1.82) is 0 Å². The van der Waals surface area contributed by atoms with E-state index in [1.165, 1.54) is 0 Å². The van der Waals surface area contributed by atoms with Crippen LogP contribution >= 0.6 is 0 Å². The van der Waals surface area contributed by atoms with E-state index in [9.17, 15) is 0 Å². The smallest absolute Gasteiger partial charge is 0.144 e. The Balaban J connectivity index is 2.68. The molecule has 3 N–H and O–H groups in total. The molecule has 0 bridgehead atoms. The Morgan fingerprint density at radius 2 is 2.12 bits per heavy atom. The lowest BCUT2D eigenvalue weighted by Gasteiger charge is -2.20. The minimum atomic E-state index is 0.378. The molecule has 4 nitrogen and oxygen atoms in total. The standard InChI is InChI=1S/C13H23N3O/c1-5-17-13-8-11(6-7-12(13)14)15-10(2)9-16(3)4/h6-8,10,15H,5,9,14H2,1-4H3. The first-order valence-electron chi connectivity index (χ1n) is 5.96. The zero-order chi connectivity index (χ0) is 12.8. The van der Waals surface area contributed by atoms with E-state index in [1.807, 2.05) is 25.1 Å². The molecule has 0 spiro atoms. The van der Waals surface area contributed by atoms with Gasteiger partial charge in [-0.2, -0.15) is 0 Å². The normalized spacial score (nSPS) is 12.5. The summed E-state index contributed by atoms with van der Waals surface area (Å²) in [6.07, 6.45) is 0. The van der Waals surface area contributed by atoms with Gasteiger partial charge < -0.3 is 20.7 Å². The number of rotatable bonds is 6. The summed E-state index contributed by atoms with van der Waals surface area (Å²) >= 11 is 0. The Kier molecular flexibility index (Phi) is 5.10. The van der Waals surface area contributed by atoms with Crippen LogP contribution in [-0.4, -0.2) is 38.2 Å². The Morgan fingerprint density at radius 1 is 1.41 bits per heavy atom. The maximum Gasteiger partial charge on any atom is 0.144 e. The number of nitrogens with two attached hydrogens (primary N) is 1. The van der Waals surface area contributed by atoms with Crippen LogP contribution in [0.15, 0.2) is 18.2 Å². The van der Waals surface area contributed by atoms with Crippen LogP contribution in [0.1, 0.15) is 13.8 Å². The highest BCUT2D eigenvalue weighted by molar-refractivity contribution is 5.61. The number of nitrogens with one attached hydrogen (secondary N) is 1. The molecule has 4 heteroatoms. The molecule has 1 rings (SSSR count). The summed E-state index contributed by atoms with van der Waals surface area (Å²) in [7, 11) is 4.12. The van der Waals surface area contributed by atoms with Crippen LogP contribution in [0, 0.1) is 0 Å². The van der Waals surface area contributed by atoms with Crippen molar-refractivity contribution in [3.05, 3.63) is 18.2 Å². The van der Waals surface area contributed by atoms with Crippen LogP contribution in [0.5, 0.6) is 5.75 Å². The summed E-state index contributed by atoms with van der Waals surface area (Å²) in [5.41, 5.74) is 7.54. The first-order chi connectivity index (χ1) is 8.02. The first-order valence-corrected chi connectivity index (χ1v) is 5.96. The van der Waals surface area contributed by atoms with E-state index in [0.29, 0.717) is 18.3 Å². The lowest BCUT2D eigenvalue weighted by Crippen LogP contribution is -2.29. The predicted molar refractivity (Wildman–Crippen MR) is 73.7 cm³/mol. The van der Waals surface area contributed by atoms with Crippen LogP contribution in [0.3, 0.4) is 0 Å². The fourth-order valence-electron chi connectivity index (χ4n) is 1.78. The number of nitrogens with zero attached hydrogens (tertiary/aromatic N) is 1. The number of likely N-dealkylation sites (N-methyl/N-ethyl adjacent to an activating group) is 1. The SMILES string of the molecule is CCOc1cc(NC(C)CN(C)C)ccc1N. The van der Waals surface area contributed by atoms with E-state index in [1.54, 1.807) is 0 Å². The third-order valence-electron chi connectivity index (χ3n) is 2.37. The maximum absolute atomic E-state index is 5.83. The summed E-state index contributed by atoms with van der Waals surface area (Å²) in [6, 6.07) is 6.17. The minimum absolute atomic E-state index is 0.378. The average Bonchev–Trinajstić information content (AvgIpc) is 2.22. The van der Waals surface area contributed by atoms with E-state index in [4.69, 9.17) is 10.5 Å². The second-order valence-corrected chi connectivity index (χ2v) is 4.49. The molecule has 1 aromatic carbocycles. The van der Waals surface area contributed by atoms with Crippen molar-refractivity contribution in [3.8, 4) is 5.75 Å². The van der Waals surface area contributed by atoms with Gasteiger partial charge in [-0.05, 0) is 40.1 Å². The summed E-state index contributed by atoms with van der Waals surface area (Å²) in [4.78, 5) is 2.15. The van der Waals surface area contributed by atoms with Gasteiger partial charge in [-0.25, -0.2) is 0 Å². The third kappa shape index (κ3) is 4.53. The number of hydrogen-bond donors (Lipinski definition) is 2. The Morgan fingerprint density at radius 3 is 2.71 bits per heavy atom. The van der Waals surface area contributed by atoms with Crippen molar-refractivity contribution in [3.63, 3.8) is 0 Å². The molecule has 0 aliphatic carbocycles. The van der Waals surface area contributed by atoms with Crippen molar-refractivity contribution < 1.29 is 4.74 Å². The van der Waals surface area contributed by atoms with Crippen molar-refractivity contribution >= 4 is 11.4 Å². The van der Waals surface area contributed by atoms with Crippen LogP contribution < -0.4 is 15.8 Å². The fourth-order valence-corrected chi connectivity index (χ4v) is 1.78. The fraction of sp³-hybridized carbons (Fsp3) is 0.538. The number of nitrogen functional groups attached to an aromatic ring is 1. The Hall–Kier alpha value is -1.42. The van der Waals surface area contributed by atoms with Gasteiger partial charge in [0.2, 0.25) is 0 Å². The van der Waals surface area contributed by atoms with E-state index >= 15 is 0 Å². The number of hydrogen-bond acceptors (Lipinski definition) is 4. The summed E-state index contributed by atoms with van der Waals surface area (Å²) in [5.74, 6) is 0.745. The maximum atomic E-state index is 5.83. The molecule has 0 heterocycles. The van der Waals surface area contributed by atoms with Crippen LogP contribution in [-0.2, 0) is 0 Å². The Bertz CT molecular complexity index is 353. The van der Waals surface area contributed by atoms with Crippen molar-refractivity contribution in [2.45, 2.75) is 19.9 Å². The van der Waals surface area contributed by atoms with Crippen LogP contribution in [0.25, 0.3) is 0 Å². The third-order valence-corrected chi connectivity index (χ3v) is 2.37. The van der Waals surface area contributed by atoms with Gasteiger partial charge in [0.15, 0.2) is 0 Å². The number of benzene rings is 1. The highest BCUT2D eigenvalue weighted by Gasteiger charge is 2.06. The molecule has 1 atom stereocenters. The number of ether oxygens (including phenoxy) is 1. The molecule has 0 aliphatic rings. The van der Waals surface area contributed by atoms with Crippen LogP contribution in [0.2, 0.25) is 0 Å². The largest absolute Gasteiger partial charge is 0.492 e. The first kappa shape index (κ1) is 13.6. The van der Waals surface area contributed by atoms with Crippen molar-refractivity contribution in [2.24, 2.45) is 0 Å². The second-order valence-electron chi connectivity index (χ2n) is 4.49. The van der Waals surface area contributed by atoms with E-state index in [2.05, 4.69) is 31.2 Å².